The van der Waals surface area contributed by atoms with E-state index in [0.717, 1.165) is 18.4 Å². The predicted octanol–water partition coefficient (Wildman–Crippen LogP) is 3.75. The zero-order valence-corrected chi connectivity index (χ0v) is 13.1. The summed E-state index contributed by atoms with van der Waals surface area (Å²) in [6, 6.07) is 8.52. The van der Waals surface area contributed by atoms with E-state index < -0.39 is 5.97 Å². The molecule has 108 valence electrons. The van der Waals surface area contributed by atoms with Crippen molar-refractivity contribution in [1.82, 2.24) is 5.32 Å². The molecule has 0 saturated carbocycles. The van der Waals surface area contributed by atoms with Crippen molar-refractivity contribution in [1.29, 1.82) is 0 Å². The van der Waals surface area contributed by atoms with Gasteiger partial charge in [0.2, 0.25) is 0 Å². The lowest BCUT2D eigenvalue weighted by molar-refractivity contribution is -0.134. The van der Waals surface area contributed by atoms with Crippen LogP contribution in [-0.4, -0.2) is 22.7 Å². The molecule has 0 aliphatic carbocycles. The van der Waals surface area contributed by atoms with Gasteiger partial charge in [-0.25, -0.2) is 0 Å². The largest absolute Gasteiger partial charge is 0.481 e. The number of benzene rings is 1. The molecule has 1 rings (SSSR count). The molecule has 2 N–H and O–H groups in total. The quantitative estimate of drug-likeness (QED) is 0.889. The van der Waals surface area contributed by atoms with E-state index in [0.29, 0.717) is 6.04 Å². The third-order valence-electron chi connectivity index (χ3n) is 2.11. The first kappa shape index (κ1) is 17.9. The maximum Gasteiger partial charge on any atom is 0.300 e. The molecule has 0 spiro atoms. The van der Waals surface area contributed by atoms with Gasteiger partial charge in [0.05, 0.1) is 0 Å². The van der Waals surface area contributed by atoms with Crippen molar-refractivity contribution in [3.8, 4) is 0 Å². The molecule has 1 aromatic carbocycles. The Morgan fingerprint density at radius 3 is 2.37 bits per heavy atom. The Labute approximate surface area is 121 Å². The van der Waals surface area contributed by atoms with Gasteiger partial charge in [-0.2, -0.15) is 0 Å². The van der Waals surface area contributed by atoms with Crippen LogP contribution in [0.3, 0.4) is 0 Å². The number of aliphatic carboxylic acids is 1. The van der Waals surface area contributed by atoms with Crippen LogP contribution in [0.2, 0.25) is 5.02 Å². The Morgan fingerprint density at radius 1 is 1.42 bits per heavy atom. The van der Waals surface area contributed by atoms with Crippen molar-refractivity contribution in [3.63, 3.8) is 0 Å². The maximum atomic E-state index is 9.00. The number of carbonyl (C=O) groups is 1. The minimum atomic E-state index is -0.833. The highest BCUT2D eigenvalue weighted by molar-refractivity contribution is 6.30. The molecule has 1 unspecified atom stereocenters. The highest BCUT2D eigenvalue weighted by atomic mass is 35.5. The Bertz CT molecular complexity index is 395. The van der Waals surface area contributed by atoms with Gasteiger partial charge < -0.3 is 10.4 Å². The summed E-state index contributed by atoms with van der Waals surface area (Å²) in [5.41, 5.74) is 1.45. The van der Waals surface area contributed by atoms with Gasteiger partial charge in [-0.05, 0) is 51.8 Å². The number of hydrogen-bond donors (Lipinski definition) is 2. The number of rotatable bonds is 3. The van der Waals surface area contributed by atoms with Crippen molar-refractivity contribution in [2.24, 2.45) is 0 Å². The molecule has 3 nitrogen and oxygen atoms in total. The van der Waals surface area contributed by atoms with Crippen molar-refractivity contribution in [2.75, 3.05) is 0 Å². The van der Waals surface area contributed by atoms with E-state index in [1.165, 1.54) is 5.56 Å². The molecular formula is C15H24ClNO2. The lowest BCUT2D eigenvalue weighted by Crippen LogP contribution is -2.43. The molecule has 0 radical (unpaired) electrons. The molecule has 0 heterocycles. The fourth-order valence-corrected chi connectivity index (χ4v) is 2.02. The fraction of sp³-hybridized carbons (Fsp3) is 0.533. The van der Waals surface area contributed by atoms with Gasteiger partial charge in [0.15, 0.2) is 0 Å². The van der Waals surface area contributed by atoms with Crippen LogP contribution in [0, 0.1) is 0 Å². The summed E-state index contributed by atoms with van der Waals surface area (Å²) in [5.74, 6) is -0.833. The summed E-state index contributed by atoms with van der Waals surface area (Å²) < 4.78 is 0. The Morgan fingerprint density at radius 2 is 1.95 bits per heavy atom. The smallest absolute Gasteiger partial charge is 0.300 e. The molecular weight excluding hydrogens is 262 g/mol. The average molecular weight is 286 g/mol. The van der Waals surface area contributed by atoms with E-state index in [1.54, 1.807) is 0 Å². The van der Waals surface area contributed by atoms with Crippen LogP contribution in [0.1, 0.15) is 40.2 Å². The summed E-state index contributed by atoms with van der Waals surface area (Å²) in [5, 5.41) is 11.8. The van der Waals surface area contributed by atoms with Gasteiger partial charge >= 0.3 is 0 Å². The minimum Gasteiger partial charge on any atom is -0.481 e. The normalized spacial score (nSPS) is 12.3. The number of carboxylic acids is 1. The van der Waals surface area contributed by atoms with E-state index >= 15 is 0 Å². The molecule has 0 aromatic heterocycles. The molecule has 0 aliphatic rings. The number of carboxylic acid groups (broad SMARTS) is 1. The fourth-order valence-electron chi connectivity index (χ4n) is 1.81. The second kappa shape index (κ2) is 8.18. The lowest BCUT2D eigenvalue weighted by atomic mass is 10.0. The maximum absolute atomic E-state index is 9.00. The standard InChI is InChI=1S/C13H20ClN.C2H4O2/c1-10(15-13(2,3)4)8-11-6-5-7-12(14)9-11;1-2(3)4/h5-7,9-10,15H,8H2,1-4H3;1H3,(H,3,4). The van der Waals surface area contributed by atoms with Gasteiger partial charge in [0.1, 0.15) is 0 Å². The van der Waals surface area contributed by atoms with Crippen LogP contribution in [0.25, 0.3) is 0 Å². The van der Waals surface area contributed by atoms with Crippen LogP contribution in [0.4, 0.5) is 0 Å². The highest BCUT2D eigenvalue weighted by Crippen LogP contribution is 2.13. The Balaban J connectivity index is 0.000000711. The monoisotopic (exact) mass is 285 g/mol. The summed E-state index contributed by atoms with van der Waals surface area (Å²) in [7, 11) is 0. The molecule has 1 aromatic rings. The van der Waals surface area contributed by atoms with E-state index in [9.17, 15) is 0 Å². The third kappa shape index (κ3) is 11.7. The van der Waals surface area contributed by atoms with Gasteiger partial charge in [-0.3, -0.25) is 4.79 Å². The lowest BCUT2D eigenvalue weighted by Gasteiger charge is -2.26. The molecule has 1 atom stereocenters. The zero-order valence-electron chi connectivity index (χ0n) is 12.3. The topological polar surface area (TPSA) is 49.3 Å². The molecule has 0 aliphatic heterocycles. The molecule has 0 amide bonds. The summed E-state index contributed by atoms with van der Waals surface area (Å²) >= 11 is 5.94. The highest BCUT2D eigenvalue weighted by Gasteiger charge is 2.13. The predicted molar refractivity (Wildman–Crippen MR) is 80.8 cm³/mol. The van der Waals surface area contributed by atoms with E-state index in [-0.39, 0.29) is 5.54 Å². The van der Waals surface area contributed by atoms with Crippen LogP contribution >= 0.6 is 11.6 Å². The second-order valence-electron chi connectivity index (χ2n) is 5.65. The van der Waals surface area contributed by atoms with Crippen molar-refractivity contribution >= 4 is 17.6 Å². The molecule has 0 saturated heterocycles. The van der Waals surface area contributed by atoms with Crippen LogP contribution < -0.4 is 5.32 Å². The number of hydrogen-bond acceptors (Lipinski definition) is 2. The first-order valence-corrected chi connectivity index (χ1v) is 6.69. The van der Waals surface area contributed by atoms with Gasteiger partial charge in [-0.1, -0.05) is 23.7 Å². The molecule has 19 heavy (non-hydrogen) atoms. The van der Waals surface area contributed by atoms with Crippen molar-refractivity contribution in [3.05, 3.63) is 34.9 Å². The number of halogens is 1. The summed E-state index contributed by atoms with van der Waals surface area (Å²) in [6.07, 6.45) is 1.01. The minimum absolute atomic E-state index is 0.165. The summed E-state index contributed by atoms with van der Waals surface area (Å²) in [4.78, 5) is 9.00. The number of nitrogens with one attached hydrogen (secondary N) is 1. The summed E-state index contributed by atoms with van der Waals surface area (Å²) in [6.45, 7) is 9.83. The molecule has 0 fully saturated rings. The third-order valence-corrected chi connectivity index (χ3v) is 2.35. The first-order chi connectivity index (χ1) is 8.60. The van der Waals surface area contributed by atoms with E-state index in [4.69, 9.17) is 21.5 Å². The van der Waals surface area contributed by atoms with Gasteiger partial charge in [-0.15, -0.1) is 0 Å². The van der Waals surface area contributed by atoms with Crippen LogP contribution in [-0.2, 0) is 11.2 Å². The van der Waals surface area contributed by atoms with E-state index in [1.807, 2.05) is 18.2 Å². The zero-order chi connectivity index (χ0) is 15.1. The molecule has 4 heteroatoms. The average Bonchev–Trinajstić information content (AvgIpc) is 2.12. The molecule has 0 bridgehead atoms. The first-order valence-electron chi connectivity index (χ1n) is 6.32. The Kier molecular flexibility index (Phi) is 7.72. The Hall–Kier alpha value is -1.06. The SMILES string of the molecule is CC(=O)O.CC(Cc1cccc(Cl)c1)NC(C)(C)C. The van der Waals surface area contributed by atoms with Crippen LogP contribution in [0.5, 0.6) is 0 Å². The van der Waals surface area contributed by atoms with Crippen molar-refractivity contribution in [2.45, 2.75) is 52.6 Å². The second-order valence-corrected chi connectivity index (χ2v) is 6.08. The van der Waals surface area contributed by atoms with Crippen LogP contribution in [0.15, 0.2) is 24.3 Å². The van der Waals surface area contributed by atoms with Crippen molar-refractivity contribution < 1.29 is 9.90 Å². The van der Waals surface area contributed by atoms with Gasteiger partial charge in [0.25, 0.3) is 5.97 Å². The van der Waals surface area contributed by atoms with Gasteiger partial charge in [0, 0.05) is 23.5 Å². The van der Waals surface area contributed by atoms with E-state index in [2.05, 4.69) is 39.1 Å².